The van der Waals surface area contributed by atoms with Crippen LogP contribution in [-0.2, 0) is 9.59 Å². The van der Waals surface area contributed by atoms with Crippen molar-refractivity contribution in [3.8, 4) is 11.5 Å². The van der Waals surface area contributed by atoms with Gasteiger partial charge in [-0.3, -0.25) is 9.59 Å². The lowest BCUT2D eigenvalue weighted by Crippen LogP contribution is -2.40. The minimum absolute atomic E-state index is 0.0346. The second kappa shape index (κ2) is 8.16. The van der Waals surface area contributed by atoms with E-state index in [0.29, 0.717) is 28.8 Å². The number of methoxy groups -OCH3 is 2. The van der Waals surface area contributed by atoms with Crippen LogP contribution in [0.25, 0.3) is 0 Å². The fraction of sp³-hybridized carbons (Fsp3) is 0.579. The van der Waals surface area contributed by atoms with Crippen LogP contribution in [0.15, 0.2) is 12.1 Å². The fourth-order valence-corrected chi connectivity index (χ4v) is 3.97. The van der Waals surface area contributed by atoms with Gasteiger partial charge in [0.25, 0.3) is 0 Å². The topological polar surface area (TPSA) is 67.9 Å². The van der Waals surface area contributed by atoms with Crippen molar-refractivity contribution in [3.63, 3.8) is 0 Å². The molecule has 1 atom stereocenters. The maximum Gasteiger partial charge on any atom is 0.227 e. The standard InChI is InChI=1S/C19H25ClN2O4/c1-25-16-10-15(17(26-2)9-14(16)20)22-11-12(8-18(22)23)19(24)21-13-6-4-3-5-7-13/h9-10,12-13H,3-8,11H2,1-2H3,(H,21,24). The predicted molar refractivity (Wildman–Crippen MR) is 100 cm³/mol. The van der Waals surface area contributed by atoms with E-state index in [1.807, 2.05) is 0 Å². The summed E-state index contributed by atoms with van der Waals surface area (Å²) in [6.07, 6.45) is 5.80. The lowest BCUT2D eigenvalue weighted by molar-refractivity contribution is -0.127. The summed E-state index contributed by atoms with van der Waals surface area (Å²) in [5.74, 6) is 0.461. The summed E-state index contributed by atoms with van der Waals surface area (Å²) >= 11 is 6.14. The third kappa shape index (κ3) is 3.90. The molecular weight excluding hydrogens is 356 g/mol. The zero-order chi connectivity index (χ0) is 18.7. The Morgan fingerprint density at radius 2 is 1.85 bits per heavy atom. The summed E-state index contributed by atoms with van der Waals surface area (Å²) in [7, 11) is 3.04. The number of benzene rings is 1. The molecule has 1 unspecified atom stereocenters. The second-order valence-electron chi connectivity index (χ2n) is 6.91. The van der Waals surface area contributed by atoms with Gasteiger partial charge in [0.1, 0.15) is 11.5 Å². The molecule has 142 valence electrons. The highest BCUT2D eigenvalue weighted by molar-refractivity contribution is 6.32. The fourth-order valence-electron chi connectivity index (χ4n) is 3.74. The van der Waals surface area contributed by atoms with Crippen molar-refractivity contribution in [2.24, 2.45) is 5.92 Å². The van der Waals surface area contributed by atoms with Gasteiger partial charge in [-0.2, -0.15) is 0 Å². The molecule has 1 aliphatic carbocycles. The van der Waals surface area contributed by atoms with E-state index in [9.17, 15) is 9.59 Å². The summed E-state index contributed by atoms with van der Waals surface area (Å²) in [5, 5.41) is 3.53. The lowest BCUT2D eigenvalue weighted by atomic mass is 9.95. The van der Waals surface area contributed by atoms with Gasteiger partial charge in [-0.1, -0.05) is 30.9 Å². The first-order chi connectivity index (χ1) is 12.5. The first kappa shape index (κ1) is 18.8. The van der Waals surface area contributed by atoms with Crippen molar-refractivity contribution in [3.05, 3.63) is 17.2 Å². The third-order valence-electron chi connectivity index (χ3n) is 5.19. The molecule has 2 aliphatic rings. The van der Waals surface area contributed by atoms with Crippen LogP contribution in [0, 0.1) is 5.92 Å². The Hall–Kier alpha value is -1.95. The average molecular weight is 381 g/mol. The van der Waals surface area contributed by atoms with Crippen molar-refractivity contribution >= 4 is 29.1 Å². The first-order valence-corrected chi connectivity index (χ1v) is 9.43. The molecule has 1 heterocycles. The summed E-state index contributed by atoms with van der Waals surface area (Å²) < 4.78 is 10.6. The molecule has 1 aliphatic heterocycles. The Kier molecular flexibility index (Phi) is 5.91. The summed E-state index contributed by atoms with van der Waals surface area (Å²) in [4.78, 5) is 26.7. The van der Waals surface area contributed by atoms with Gasteiger partial charge in [-0.15, -0.1) is 0 Å². The van der Waals surface area contributed by atoms with Gasteiger partial charge in [-0.25, -0.2) is 0 Å². The van der Waals surface area contributed by atoms with Crippen LogP contribution < -0.4 is 19.7 Å². The van der Waals surface area contributed by atoms with Crippen LogP contribution in [0.2, 0.25) is 5.02 Å². The van der Waals surface area contributed by atoms with E-state index in [4.69, 9.17) is 21.1 Å². The van der Waals surface area contributed by atoms with Crippen LogP contribution in [-0.4, -0.2) is 38.6 Å². The molecule has 6 nitrogen and oxygen atoms in total. The van der Waals surface area contributed by atoms with E-state index >= 15 is 0 Å². The Morgan fingerprint density at radius 1 is 1.15 bits per heavy atom. The highest BCUT2D eigenvalue weighted by Gasteiger charge is 2.37. The predicted octanol–water partition coefficient (Wildman–Crippen LogP) is 3.16. The number of carbonyl (C=O) groups excluding carboxylic acids is 2. The molecule has 0 aromatic heterocycles. The largest absolute Gasteiger partial charge is 0.495 e. The molecule has 1 N–H and O–H groups in total. The van der Waals surface area contributed by atoms with Gasteiger partial charge < -0.3 is 19.7 Å². The number of anilines is 1. The van der Waals surface area contributed by atoms with Gasteiger partial charge >= 0.3 is 0 Å². The number of halogens is 1. The Morgan fingerprint density at radius 3 is 2.50 bits per heavy atom. The van der Waals surface area contributed by atoms with E-state index < -0.39 is 0 Å². The molecule has 3 rings (SSSR count). The monoisotopic (exact) mass is 380 g/mol. The smallest absolute Gasteiger partial charge is 0.227 e. The van der Waals surface area contributed by atoms with Crippen LogP contribution in [0.3, 0.4) is 0 Å². The number of hydrogen-bond acceptors (Lipinski definition) is 4. The molecule has 7 heteroatoms. The number of ether oxygens (including phenoxy) is 2. The van der Waals surface area contributed by atoms with Crippen LogP contribution in [0.5, 0.6) is 11.5 Å². The van der Waals surface area contributed by atoms with E-state index in [2.05, 4.69) is 5.32 Å². The number of hydrogen-bond donors (Lipinski definition) is 1. The molecule has 0 spiro atoms. The summed E-state index contributed by atoms with van der Waals surface area (Å²) in [6, 6.07) is 3.55. The number of nitrogens with zero attached hydrogens (tertiary/aromatic N) is 1. The van der Waals surface area contributed by atoms with Crippen molar-refractivity contribution in [2.45, 2.75) is 44.6 Å². The lowest BCUT2D eigenvalue weighted by Gasteiger charge is -2.24. The van der Waals surface area contributed by atoms with E-state index in [1.165, 1.54) is 20.6 Å². The first-order valence-electron chi connectivity index (χ1n) is 9.05. The van der Waals surface area contributed by atoms with Gasteiger partial charge in [0, 0.05) is 31.1 Å². The maximum absolute atomic E-state index is 12.6. The van der Waals surface area contributed by atoms with Crippen LogP contribution in [0.1, 0.15) is 38.5 Å². The minimum atomic E-state index is -0.351. The number of rotatable bonds is 5. The molecule has 0 radical (unpaired) electrons. The number of amides is 2. The summed E-state index contributed by atoms with van der Waals surface area (Å²) in [5.41, 5.74) is 0.576. The Balaban J connectivity index is 1.74. The number of nitrogens with one attached hydrogen (secondary N) is 1. The SMILES string of the molecule is COc1cc(N2CC(C(=O)NC3CCCCC3)CC2=O)c(OC)cc1Cl. The number of carbonyl (C=O) groups is 2. The van der Waals surface area contributed by atoms with E-state index in [-0.39, 0.29) is 30.2 Å². The molecule has 1 aromatic rings. The highest BCUT2D eigenvalue weighted by Crippen LogP contribution is 2.40. The third-order valence-corrected chi connectivity index (χ3v) is 5.49. The van der Waals surface area contributed by atoms with Gasteiger partial charge in [0.2, 0.25) is 11.8 Å². The quantitative estimate of drug-likeness (QED) is 0.852. The molecule has 2 fully saturated rings. The zero-order valence-corrected chi connectivity index (χ0v) is 16.0. The molecule has 2 amide bonds. The van der Waals surface area contributed by atoms with E-state index in [1.54, 1.807) is 17.0 Å². The molecule has 1 saturated heterocycles. The van der Waals surface area contributed by atoms with Crippen molar-refractivity contribution < 1.29 is 19.1 Å². The molecule has 26 heavy (non-hydrogen) atoms. The highest BCUT2D eigenvalue weighted by atomic mass is 35.5. The van der Waals surface area contributed by atoms with Crippen LogP contribution in [0.4, 0.5) is 5.69 Å². The summed E-state index contributed by atoms with van der Waals surface area (Å²) in [6.45, 7) is 0.332. The van der Waals surface area contributed by atoms with Gasteiger partial charge in [0.15, 0.2) is 0 Å². The Bertz CT molecular complexity index is 688. The van der Waals surface area contributed by atoms with Crippen molar-refractivity contribution in [2.75, 3.05) is 25.7 Å². The normalized spacial score (nSPS) is 21.0. The molecule has 0 bridgehead atoms. The van der Waals surface area contributed by atoms with E-state index in [0.717, 1.165) is 25.7 Å². The second-order valence-corrected chi connectivity index (χ2v) is 7.31. The molecular formula is C19H25ClN2O4. The van der Waals surface area contributed by atoms with Crippen molar-refractivity contribution in [1.29, 1.82) is 0 Å². The zero-order valence-electron chi connectivity index (χ0n) is 15.2. The van der Waals surface area contributed by atoms with Gasteiger partial charge in [0.05, 0.1) is 30.8 Å². The maximum atomic E-state index is 12.6. The average Bonchev–Trinajstić information content (AvgIpc) is 3.04. The van der Waals surface area contributed by atoms with Crippen LogP contribution >= 0.6 is 11.6 Å². The molecule has 1 saturated carbocycles. The van der Waals surface area contributed by atoms with Gasteiger partial charge in [-0.05, 0) is 12.8 Å². The Labute approximate surface area is 158 Å². The molecule has 1 aromatic carbocycles. The minimum Gasteiger partial charge on any atom is -0.495 e. The van der Waals surface area contributed by atoms with Crippen molar-refractivity contribution in [1.82, 2.24) is 5.32 Å².